The van der Waals surface area contributed by atoms with E-state index in [4.69, 9.17) is 9.47 Å². The summed E-state index contributed by atoms with van der Waals surface area (Å²) >= 11 is 0. The molecule has 1 unspecified atom stereocenters. The van der Waals surface area contributed by atoms with Crippen molar-refractivity contribution < 1.29 is 14.3 Å². The zero-order valence-corrected chi connectivity index (χ0v) is 14.7. The van der Waals surface area contributed by atoms with Crippen molar-refractivity contribution in [3.8, 4) is 5.88 Å². The Labute approximate surface area is 153 Å². The van der Waals surface area contributed by atoms with E-state index < -0.39 is 0 Å². The van der Waals surface area contributed by atoms with Crippen LogP contribution in [0.15, 0.2) is 48.7 Å². The van der Waals surface area contributed by atoms with Gasteiger partial charge in [-0.2, -0.15) is 0 Å². The minimum absolute atomic E-state index is 0.0287. The van der Waals surface area contributed by atoms with Gasteiger partial charge >= 0.3 is 0 Å². The Morgan fingerprint density at radius 3 is 2.54 bits per heavy atom. The SMILES string of the molecule is O=C(c1ccc(OC2CCOC2)nc1)N1CCN(c2ccccc2)CC1. The Kier molecular flexibility index (Phi) is 5.02. The van der Waals surface area contributed by atoms with Crippen LogP contribution < -0.4 is 9.64 Å². The average Bonchev–Trinajstić information content (AvgIpc) is 3.22. The Hall–Kier alpha value is -2.60. The highest BCUT2D eigenvalue weighted by molar-refractivity contribution is 5.94. The maximum absolute atomic E-state index is 12.7. The van der Waals surface area contributed by atoms with Gasteiger partial charge in [0.15, 0.2) is 0 Å². The quantitative estimate of drug-likeness (QED) is 0.844. The van der Waals surface area contributed by atoms with Crippen molar-refractivity contribution in [1.82, 2.24) is 9.88 Å². The van der Waals surface area contributed by atoms with E-state index in [1.807, 2.05) is 23.1 Å². The van der Waals surface area contributed by atoms with Crippen molar-refractivity contribution in [2.24, 2.45) is 0 Å². The second-order valence-corrected chi connectivity index (χ2v) is 6.60. The normalized spacial score (nSPS) is 20.2. The fourth-order valence-corrected chi connectivity index (χ4v) is 3.34. The van der Waals surface area contributed by atoms with Gasteiger partial charge in [0.1, 0.15) is 6.10 Å². The number of rotatable bonds is 4. The smallest absolute Gasteiger partial charge is 0.255 e. The standard InChI is InChI=1S/C20H23N3O3/c24-20(16-6-7-19(21-14-16)26-18-8-13-25-15-18)23-11-9-22(10-12-23)17-4-2-1-3-5-17/h1-7,14,18H,8-13,15H2. The van der Waals surface area contributed by atoms with Gasteiger partial charge in [-0.15, -0.1) is 0 Å². The number of carbonyl (C=O) groups excluding carboxylic acids is 1. The summed E-state index contributed by atoms with van der Waals surface area (Å²) in [6.45, 7) is 4.44. The highest BCUT2D eigenvalue weighted by Gasteiger charge is 2.23. The number of carbonyl (C=O) groups is 1. The number of ether oxygens (including phenoxy) is 2. The Balaban J connectivity index is 1.33. The van der Waals surface area contributed by atoms with Crippen LogP contribution in [0.1, 0.15) is 16.8 Å². The molecule has 1 aromatic heterocycles. The van der Waals surface area contributed by atoms with Gasteiger partial charge in [0.2, 0.25) is 5.88 Å². The summed E-state index contributed by atoms with van der Waals surface area (Å²) in [5.41, 5.74) is 1.81. The van der Waals surface area contributed by atoms with E-state index >= 15 is 0 Å². The Bertz CT molecular complexity index is 722. The lowest BCUT2D eigenvalue weighted by molar-refractivity contribution is 0.0746. The lowest BCUT2D eigenvalue weighted by Crippen LogP contribution is -2.48. The van der Waals surface area contributed by atoms with E-state index in [2.05, 4.69) is 22.0 Å². The summed E-state index contributed by atoms with van der Waals surface area (Å²) in [7, 11) is 0. The van der Waals surface area contributed by atoms with E-state index in [0.717, 1.165) is 26.1 Å². The van der Waals surface area contributed by atoms with Crippen molar-refractivity contribution >= 4 is 11.6 Å². The molecule has 26 heavy (non-hydrogen) atoms. The third-order valence-corrected chi connectivity index (χ3v) is 4.85. The van der Waals surface area contributed by atoms with Gasteiger partial charge in [-0.3, -0.25) is 4.79 Å². The second kappa shape index (κ2) is 7.74. The van der Waals surface area contributed by atoms with Crippen LogP contribution in [0.25, 0.3) is 0 Å². The summed E-state index contributed by atoms with van der Waals surface area (Å²) in [6, 6.07) is 13.9. The summed E-state index contributed by atoms with van der Waals surface area (Å²) in [4.78, 5) is 21.2. The number of hydrogen-bond donors (Lipinski definition) is 0. The van der Waals surface area contributed by atoms with Gasteiger partial charge in [0.25, 0.3) is 5.91 Å². The number of nitrogens with zero attached hydrogens (tertiary/aromatic N) is 3. The van der Waals surface area contributed by atoms with Crippen LogP contribution in [0.5, 0.6) is 5.88 Å². The fourth-order valence-electron chi connectivity index (χ4n) is 3.34. The van der Waals surface area contributed by atoms with Gasteiger partial charge < -0.3 is 19.3 Å². The molecule has 6 nitrogen and oxygen atoms in total. The number of aromatic nitrogens is 1. The first-order chi connectivity index (χ1) is 12.8. The predicted molar refractivity (Wildman–Crippen MR) is 98.6 cm³/mol. The molecule has 2 fully saturated rings. The van der Waals surface area contributed by atoms with Gasteiger partial charge in [0.05, 0.1) is 18.8 Å². The summed E-state index contributed by atoms with van der Waals surface area (Å²) in [5, 5.41) is 0. The van der Waals surface area contributed by atoms with Crippen LogP contribution in [-0.4, -0.2) is 61.3 Å². The van der Waals surface area contributed by atoms with Crippen molar-refractivity contribution in [3.63, 3.8) is 0 Å². The minimum Gasteiger partial charge on any atom is -0.472 e. The zero-order valence-electron chi connectivity index (χ0n) is 14.7. The zero-order chi connectivity index (χ0) is 17.8. The van der Waals surface area contributed by atoms with E-state index in [1.54, 1.807) is 18.3 Å². The van der Waals surface area contributed by atoms with Gasteiger partial charge in [-0.05, 0) is 18.2 Å². The van der Waals surface area contributed by atoms with E-state index in [-0.39, 0.29) is 12.0 Å². The first-order valence-corrected chi connectivity index (χ1v) is 9.09. The Morgan fingerprint density at radius 2 is 1.88 bits per heavy atom. The molecule has 0 saturated carbocycles. The number of anilines is 1. The molecule has 2 aromatic rings. The van der Waals surface area contributed by atoms with Gasteiger partial charge in [-0.25, -0.2) is 4.98 Å². The monoisotopic (exact) mass is 353 g/mol. The topological polar surface area (TPSA) is 54.9 Å². The van der Waals surface area contributed by atoms with Crippen LogP contribution in [0, 0.1) is 0 Å². The number of benzene rings is 1. The molecule has 1 atom stereocenters. The number of pyridine rings is 1. The first kappa shape index (κ1) is 16.8. The maximum Gasteiger partial charge on any atom is 0.255 e. The molecule has 4 rings (SSSR count). The maximum atomic E-state index is 12.7. The minimum atomic E-state index is 0.0287. The number of hydrogen-bond acceptors (Lipinski definition) is 5. The largest absolute Gasteiger partial charge is 0.472 e. The number of para-hydroxylation sites is 1. The lowest BCUT2D eigenvalue weighted by atomic mass is 10.2. The van der Waals surface area contributed by atoms with Crippen LogP contribution in [-0.2, 0) is 4.74 Å². The highest BCUT2D eigenvalue weighted by atomic mass is 16.5. The fraction of sp³-hybridized carbons (Fsp3) is 0.400. The molecule has 2 aliphatic rings. The highest BCUT2D eigenvalue weighted by Crippen LogP contribution is 2.18. The molecule has 0 bridgehead atoms. The van der Waals surface area contributed by atoms with E-state index in [1.165, 1.54) is 5.69 Å². The van der Waals surface area contributed by atoms with Crippen LogP contribution in [0.4, 0.5) is 5.69 Å². The van der Waals surface area contributed by atoms with Gasteiger partial charge in [-0.1, -0.05) is 18.2 Å². The molecule has 2 saturated heterocycles. The summed E-state index contributed by atoms with van der Waals surface area (Å²) < 4.78 is 11.0. The average molecular weight is 353 g/mol. The van der Waals surface area contributed by atoms with Crippen LogP contribution in [0.2, 0.25) is 0 Å². The van der Waals surface area contributed by atoms with Gasteiger partial charge in [0, 0.05) is 50.6 Å². The van der Waals surface area contributed by atoms with Crippen molar-refractivity contribution in [3.05, 3.63) is 54.2 Å². The molecular formula is C20H23N3O3. The number of piperazine rings is 1. The molecule has 6 heteroatoms. The van der Waals surface area contributed by atoms with E-state index in [9.17, 15) is 4.79 Å². The van der Waals surface area contributed by atoms with Crippen LogP contribution >= 0.6 is 0 Å². The van der Waals surface area contributed by atoms with Crippen molar-refractivity contribution in [1.29, 1.82) is 0 Å². The lowest BCUT2D eigenvalue weighted by Gasteiger charge is -2.36. The third-order valence-electron chi connectivity index (χ3n) is 4.85. The molecule has 0 radical (unpaired) electrons. The Morgan fingerprint density at radius 1 is 1.08 bits per heavy atom. The molecule has 136 valence electrons. The van der Waals surface area contributed by atoms with Crippen molar-refractivity contribution in [2.45, 2.75) is 12.5 Å². The molecule has 0 aliphatic carbocycles. The third kappa shape index (κ3) is 3.80. The summed E-state index contributed by atoms with van der Waals surface area (Å²) in [6.07, 6.45) is 2.56. The first-order valence-electron chi connectivity index (χ1n) is 9.09. The molecule has 2 aliphatic heterocycles. The predicted octanol–water partition coefficient (Wildman–Crippen LogP) is 2.21. The molecule has 1 aromatic carbocycles. The molecule has 1 amide bonds. The summed E-state index contributed by atoms with van der Waals surface area (Å²) in [5.74, 6) is 0.576. The molecular weight excluding hydrogens is 330 g/mol. The second-order valence-electron chi connectivity index (χ2n) is 6.60. The molecule has 0 N–H and O–H groups in total. The molecule has 0 spiro atoms. The molecule has 3 heterocycles. The van der Waals surface area contributed by atoms with Crippen molar-refractivity contribution in [2.75, 3.05) is 44.3 Å². The van der Waals surface area contributed by atoms with E-state index in [0.29, 0.717) is 31.1 Å². The number of amides is 1. The van der Waals surface area contributed by atoms with Crippen LogP contribution in [0.3, 0.4) is 0 Å².